The first-order valence-electron chi connectivity index (χ1n) is 3.73. The summed E-state index contributed by atoms with van der Waals surface area (Å²) >= 11 is 2.04. The van der Waals surface area contributed by atoms with Gasteiger partial charge in [-0.1, -0.05) is 0 Å². The Morgan fingerprint density at radius 1 is 1.58 bits per heavy atom. The second kappa shape index (κ2) is 3.16. The van der Waals surface area contributed by atoms with Crippen LogP contribution in [-0.4, -0.2) is 11.1 Å². The number of rotatable bonds is 2. The molecule has 0 aliphatic heterocycles. The van der Waals surface area contributed by atoms with E-state index in [-0.39, 0.29) is 5.82 Å². The summed E-state index contributed by atoms with van der Waals surface area (Å²) in [5.41, 5.74) is 0. The standard InChI is InChI=1S/C8H7FINO/c9-5-3-7(8(10)11-4-5)12-6-1-2-6/h3-4,6H,1-2H2. The summed E-state index contributed by atoms with van der Waals surface area (Å²) in [6.45, 7) is 0. The van der Waals surface area contributed by atoms with Crippen LogP contribution in [0.2, 0.25) is 0 Å². The van der Waals surface area contributed by atoms with Gasteiger partial charge in [0.2, 0.25) is 0 Å². The van der Waals surface area contributed by atoms with Crippen LogP contribution >= 0.6 is 22.6 Å². The molecule has 1 aliphatic carbocycles. The predicted molar refractivity (Wildman–Crippen MR) is 50.6 cm³/mol. The Bertz CT molecular complexity index is 301. The molecule has 0 N–H and O–H groups in total. The highest BCUT2D eigenvalue weighted by Gasteiger charge is 2.24. The summed E-state index contributed by atoms with van der Waals surface area (Å²) in [5, 5.41) is 0. The van der Waals surface area contributed by atoms with Crippen LogP contribution in [-0.2, 0) is 0 Å². The average molecular weight is 279 g/mol. The second-order valence-electron chi connectivity index (χ2n) is 2.76. The summed E-state index contributed by atoms with van der Waals surface area (Å²) < 4.78 is 18.8. The highest BCUT2D eigenvalue weighted by atomic mass is 127. The van der Waals surface area contributed by atoms with Crippen molar-refractivity contribution in [3.05, 3.63) is 21.8 Å². The molecule has 12 heavy (non-hydrogen) atoms. The minimum atomic E-state index is -0.342. The SMILES string of the molecule is Fc1cnc(I)c(OC2CC2)c1. The first kappa shape index (κ1) is 8.22. The lowest BCUT2D eigenvalue weighted by molar-refractivity contribution is 0.297. The Kier molecular flexibility index (Phi) is 2.16. The number of aromatic nitrogens is 1. The molecule has 0 spiro atoms. The van der Waals surface area contributed by atoms with Gasteiger partial charge in [0.25, 0.3) is 0 Å². The van der Waals surface area contributed by atoms with Gasteiger partial charge in [0.15, 0.2) is 5.75 Å². The van der Waals surface area contributed by atoms with E-state index in [1.165, 1.54) is 12.3 Å². The molecule has 1 aromatic heterocycles. The van der Waals surface area contributed by atoms with Crippen molar-refractivity contribution in [3.8, 4) is 5.75 Å². The summed E-state index contributed by atoms with van der Waals surface area (Å²) in [6, 6.07) is 1.38. The molecule has 1 heterocycles. The fourth-order valence-corrected chi connectivity index (χ4v) is 1.27. The van der Waals surface area contributed by atoms with Crippen LogP contribution in [0.4, 0.5) is 4.39 Å². The van der Waals surface area contributed by atoms with E-state index in [1.54, 1.807) is 0 Å². The molecule has 1 aliphatic rings. The van der Waals surface area contributed by atoms with E-state index in [0.717, 1.165) is 16.5 Å². The Balaban J connectivity index is 2.21. The van der Waals surface area contributed by atoms with Crippen LogP contribution in [0.3, 0.4) is 0 Å². The molecule has 0 radical (unpaired) electrons. The summed E-state index contributed by atoms with van der Waals surface area (Å²) in [6.07, 6.45) is 3.64. The monoisotopic (exact) mass is 279 g/mol. The summed E-state index contributed by atoms with van der Waals surface area (Å²) in [5.74, 6) is 0.226. The molecule has 0 saturated heterocycles. The van der Waals surface area contributed by atoms with E-state index < -0.39 is 0 Å². The third-order valence-electron chi connectivity index (χ3n) is 1.59. The smallest absolute Gasteiger partial charge is 0.154 e. The lowest BCUT2D eigenvalue weighted by Gasteiger charge is -2.04. The lowest BCUT2D eigenvalue weighted by atomic mass is 10.4. The van der Waals surface area contributed by atoms with E-state index in [4.69, 9.17) is 4.74 Å². The Labute approximate surface area is 83.3 Å². The normalized spacial score (nSPS) is 16.2. The molecule has 0 bridgehead atoms. The van der Waals surface area contributed by atoms with E-state index in [2.05, 4.69) is 4.98 Å². The molecular weight excluding hydrogens is 272 g/mol. The maximum atomic E-state index is 12.7. The molecule has 0 amide bonds. The van der Waals surface area contributed by atoms with Gasteiger partial charge in [-0.05, 0) is 35.4 Å². The third-order valence-corrected chi connectivity index (χ3v) is 2.40. The van der Waals surface area contributed by atoms with Gasteiger partial charge in [-0.25, -0.2) is 9.37 Å². The molecule has 2 nitrogen and oxygen atoms in total. The zero-order valence-electron chi connectivity index (χ0n) is 6.26. The topological polar surface area (TPSA) is 22.1 Å². The Morgan fingerprint density at radius 2 is 2.33 bits per heavy atom. The quantitative estimate of drug-likeness (QED) is 0.612. The van der Waals surface area contributed by atoms with E-state index in [1.807, 2.05) is 22.6 Å². The number of ether oxygens (including phenoxy) is 1. The van der Waals surface area contributed by atoms with Crippen molar-refractivity contribution in [1.82, 2.24) is 4.98 Å². The maximum absolute atomic E-state index is 12.7. The zero-order valence-corrected chi connectivity index (χ0v) is 8.42. The molecular formula is C8H7FINO. The molecule has 4 heteroatoms. The van der Waals surface area contributed by atoms with Crippen molar-refractivity contribution in [2.75, 3.05) is 0 Å². The van der Waals surface area contributed by atoms with Gasteiger partial charge < -0.3 is 4.74 Å². The van der Waals surface area contributed by atoms with Gasteiger partial charge in [0.05, 0.1) is 12.3 Å². The van der Waals surface area contributed by atoms with Crippen LogP contribution in [0, 0.1) is 9.52 Å². The third kappa shape index (κ3) is 1.85. The van der Waals surface area contributed by atoms with Crippen LogP contribution in [0.25, 0.3) is 0 Å². The fraction of sp³-hybridized carbons (Fsp3) is 0.375. The highest BCUT2D eigenvalue weighted by molar-refractivity contribution is 14.1. The van der Waals surface area contributed by atoms with Crippen molar-refractivity contribution in [2.24, 2.45) is 0 Å². The van der Waals surface area contributed by atoms with Crippen molar-refractivity contribution in [3.63, 3.8) is 0 Å². The van der Waals surface area contributed by atoms with Gasteiger partial charge in [-0.2, -0.15) is 0 Å². The molecule has 1 aromatic rings. The van der Waals surface area contributed by atoms with Gasteiger partial charge in [-0.3, -0.25) is 0 Å². The van der Waals surface area contributed by atoms with Crippen molar-refractivity contribution >= 4 is 22.6 Å². The zero-order chi connectivity index (χ0) is 8.55. The predicted octanol–water partition coefficient (Wildman–Crippen LogP) is 2.37. The molecule has 64 valence electrons. The number of pyridine rings is 1. The van der Waals surface area contributed by atoms with E-state index in [0.29, 0.717) is 11.9 Å². The summed E-state index contributed by atoms with van der Waals surface area (Å²) in [4.78, 5) is 3.85. The van der Waals surface area contributed by atoms with Gasteiger partial charge in [0, 0.05) is 6.07 Å². The number of nitrogens with zero attached hydrogens (tertiary/aromatic N) is 1. The van der Waals surface area contributed by atoms with E-state index >= 15 is 0 Å². The first-order chi connectivity index (χ1) is 5.75. The lowest BCUT2D eigenvalue weighted by Crippen LogP contribution is -1.99. The molecule has 0 aromatic carbocycles. The summed E-state index contributed by atoms with van der Waals surface area (Å²) in [7, 11) is 0. The Morgan fingerprint density at radius 3 is 3.00 bits per heavy atom. The Hall–Kier alpha value is -0.390. The minimum Gasteiger partial charge on any atom is -0.488 e. The first-order valence-corrected chi connectivity index (χ1v) is 4.81. The molecule has 1 saturated carbocycles. The van der Waals surface area contributed by atoms with Crippen molar-refractivity contribution in [2.45, 2.75) is 18.9 Å². The van der Waals surface area contributed by atoms with Crippen LogP contribution in [0.15, 0.2) is 12.3 Å². The molecule has 1 fully saturated rings. The van der Waals surface area contributed by atoms with Crippen LogP contribution in [0.5, 0.6) is 5.75 Å². The van der Waals surface area contributed by atoms with Crippen molar-refractivity contribution in [1.29, 1.82) is 0 Å². The fourth-order valence-electron chi connectivity index (χ4n) is 0.852. The second-order valence-corrected chi connectivity index (χ2v) is 3.78. The van der Waals surface area contributed by atoms with E-state index in [9.17, 15) is 4.39 Å². The molecule has 2 rings (SSSR count). The van der Waals surface area contributed by atoms with Crippen LogP contribution < -0.4 is 4.74 Å². The van der Waals surface area contributed by atoms with Gasteiger partial charge in [0.1, 0.15) is 9.52 Å². The molecule has 0 atom stereocenters. The van der Waals surface area contributed by atoms with Gasteiger partial charge >= 0.3 is 0 Å². The van der Waals surface area contributed by atoms with Crippen LogP contribution in [0.1, 0.15) is 12.8 Å². The number of hydrogen-bond donors (Lipinski definition) is 0. The van der Waals surface area contributed by atoms with Gasteiger partial charge in [-0.15, -0.1) is 0 Å². The molecule has 0 unspecified atom stereocenters. The average Bonchev–Trinajstić information content (AvgIpc) is 2.81. The minimum absolute atomic E-state index is 0.294. The largest absolute Gasteiger partial charge is 0.488 e. The van der Waals surface area contributed by atoms with Crippen molar-refractivity contribution < 1.29 is 9.13 Å². The highest BCUT2D eigenvalue weighted by Crippen LogP contribution is 2.29. The maximum Gasteiger partial charge on any atom is 0.154 e. The number of halogens is 2. The number of hydrogen-bond acceptors (Lipinski definition) is 2.